The number of rotatable bonds is 1. The van der Waals surface area contributed by atoms with Gasteiger partial charge in [-0.15, -0.1) is 0 Å². The minimum atomic E-state index is 0.392. The number of nitrogens with zero attached hydrogens (tertiary/aromatic N) is 1. The summed E-state index contributed by atoms with van der Waals surface area (Å²) in [5.41, 5.74) is 3.41. The summed E-state index contributed by atoms with van der Waals surface area (Å²) in [6.07, 6.45) is 3.74. The third-order valence-corrected chi connectivity index (χ3v) is 3.95. The Labute approximate surface area is 109 Å². The normalized spacial score (nSPS) is 20.9. The molecule has 1 aromatic heterocycles. The first kappa shape index (κ1) is 11.2. The summed E-state index contributed by atoms with van der Waals surface area (Å²) in [4.78, 5) is 8.16. The maximum atomic E-state index is 4.71. The molecule has 3 rings (SSSR count). The Morgan fingerprint density at radius 1 is 1.35 bits per heavy atom. The van der Waals surface area contributed by atoms with Crippen molar-refractivity contribution in [3.05, 3.63) is 28.0 Å². The van der Waals surface area contributed by atoms with Crippen LogP contribution in [0.15, 0.2) is 16.6 Å². The smallest absolute Gasteiger partial charge is 0.124 e. The number of aryl methyl sites for hydroxylation is 1. The highest BCUT2D eigenvalue weighted by Crippen LogP contribution is 2.27. The number of aromatic amines is 1. The van der Waals surface area contributed by atoms with Gasteiger partial charge in [0.15, 0.2) is 0 Å². The van der Waals surface area contributed by atoms with E-state index in [9.17, 15) is 0 Å². The fourth-order valence-corrected chi connectivity index (χ4v) is 3.14. The zero-order valence-electron chi connectivity index (χ0n) is 9.89. The minimum absolute atomic E-state index is 0.392. The van der Waals surface area contributed by atoms with Crippen LogP contribution in [0.2, 0.25) is 0 Å². The Bertz CT molecular complexity index is 541. The van der Waals surface area contributed by atoms with Gasteiger partial charge in [-0.25, -0.2) is 4.98 Å². The quantitative estimate of drug-likeness (QED) is 0.845. The number of H-pyrrole nitrogens is 1. The molecule has 90 valence electrons. The van der Waals surface area contributed by atoms with E-state index in [1.807, 2.05) is 0 Å². The maximum Gasteiger partial charge on any atom is 0.124 e. The highest BCUT2D eigenvalue weighted by molar-refractivity contribution is 9.10. The molecule has 0 aliphatic carbocycles. The van der Waals surface area contributed by atoms with Crippen molar-refractivity contribution in [3.8, 4) is 0 Å². The number of aromatic nitrogens is 2. The third kappa shape index (κ3) is 2.11. The summed E-state index contributed by atoms with van der Waals surface area (Å²) in [5, 5.41) is 3.52. The summed E-state index contributed by atoms with van der Waals surface area (Å²) in [5.74, 6) is 1.08. The second kappa shape index (κ2) is 4.42. The molecule has 1 aliphatic heterocycles. The number of hydrogen-bond acceptors (Lipinski definition) is 2. The summed E-state index contributed by atoms with van der Waals surface area (Å²) in [7, 11) is 0. The number of nitrogens with one attached hydrogen (secondary N) is 2. The van der Waals surface area contributed by atoms with E-state index in [2.05, 4.69) is 45.3 Å². The van der Waals surface area contributed by atoms with Crippen molar-refractivity contribution in [2.45, 2.75) is 32.2 Å². The van der Waals surface area contributed by atoms with Crippen molar-refractivity contribution in [1.82, 2.24) is 15.3 Å². The lowest BCUT2D eigenvalue weighted by molar-refractivity contribution is 0.400. The summed E-state index contributed by atoms with van der Waals surface area (Å²) in [6, 6.07) is 4.66. The van der Waals surface area contributed by atoms with E-state index in [0.29, 0.717) is 6.04 Å². The molecule has 1 unspecified atom stereocenters. The summed E-state index contributed by atoms with van der Waals surface area (Å²) < 4.78 is 1.07. The van der Waals surface area contributed by atoms with Crippen molar-refractivity contribution < 1.29 is 0 Å². The van der Waals surface area contributed by atoms with E-state index in [4.69, 9.17) is 4.98 Å². The van der Waals surface area contributed by atoms with Crippen LogP contribution in [0.5, 0.6) is 0 Å². The number of halogens is 1. The van der Waals surface area contributed by atoms with Gasteiger partial charge in [0.1, 0.15) is 11.3 Å². The molecule has 3 nitrogen and oxygen atoms in total. The van der Waals surface area contributed by atoms with Crippen LogP contribution in [0.25, 0.3) is 11.0 Å². The van der Waals surface area contributed by atoms with Gasteiger partial charge in [0.25, 0.3) is 0 Å². The lowest BCUT2D eigenvalue weighted by Gasteiger charge is -2.21. The Kier molecular flexibility index (Phi) is 2.92. The fourth-order valence-electron chi connectivity index (χ4n) is 2.48. The average molecular weight is 294 g/mol. The molecular weight excluding hydrogens is 278 g/mol. The van der Waals surface area contributed by atoms with Gasteiger partial charge in [0.05, 0.1) is 11.6 Å². The molecule has 0 amide bonds. The van der Waals surface area contributed by atoms with Crippen LogP contribution in [0.3, 0.4) is 0 Å². The van der Waals surface area contributed by atoms with Crippen molar-refractivity contribution in [1.29, 1.82) is 0 Å². The monoisotopic (exact) mass is 293 g/mol. The lowest BCUT2D eigenvalue weighted by atomic mass is 10.0. The molecule has 0 radical (unpaired) electrons. The third-order valence-electron chi connectivity index (χ3n) is 3.34. The van der Waals surface area contributed by atoms with Gasteiger partial charge >= 0.3 is 0 Å². The molecular formula is C13H16BrN3. The second-order valence-corrected chi connectivity index (χ2v) is 5.62. The van der Waals surface area contributed by atoms with Crippen molar-refractivity contribution >= 4 is 27.0 Å². The number of hydrogen-bond donors (Lipinski definition) is 2. The van der Waals surface area contributed by atoms with Crippen molar-refractivity contribution in [2.75, 3.05) is 6.54 Å². The molecule has 1 aliphatic rings. The molecule has 2 aromatic rings. The van der Waals surface area contributed by atoms with Crippen LogP contribution >= 0.6 is 15.9 Å². The van der Waals surface area contributed by atoms with Crippen LogP contribution < -0.4 is 5.32 Å². The van der Waals surface area contributed by atoms with Crippen molar-refractivity contribution in [2.24, 2.45) is 0 Å². The van der Waals surface area contributed by atoms with E-state index >= 15 is 0 Å². The fraction of sp³-hybridized carbons (Fsp3) is 0.462. The number of piperidine rings is 1. The molecule has 2 N–H and O–H groups in total. The van der Waals surface area contributed by atoms with Gasteiger partial charge < -0.3 is 10.3 Å². The average Bonchev–Trinajstić information content (AvgIpc) is 2.74. The molecule has 2 heterocycles. The van der Waals surface area contributed by atoms with E-state index < -0.39 is 0 Å². The summed E-state index contributed by atoms with van der Waals surface area (Å²) >= 11 is 3.58. The molecule has 4 heteroatoms. The van der Waals surface area contributed by atoms with E-state index in [-0.39, 0.29) is 0 Å². The standard InChI is InChI=1S/C13H16BrN3/c1-8-6-9(14)12-11(7-8)16-13(17-12)10-4-2-3-5-15-10/h6-7,10,15H,2-5H2,1H3,(H,16,17). The van der Waals surface area contributed by atoms with Gasteiger partial charge in [-0.3, -0.25) is 0 Å². The molecule has 0 bridgehead atoms. The van der Waals surface area contributed by atoms with Crippen LogP contribution in [0.4, 0.5) is 0 Å². The topological polar surface area (TPSA) is 40.7 Å². The zero-order valence-corrected chi connectivity index (χ0v) is 11.5. The van der Waals surface area contributed by atoms with Gasteiger partial charge in [-0.2, -0.15) is 0 Å². The van der Waals surface area contributed by atoms with Crippen molar-refractivity contribution in [3.63, 3.8) is 0 Å². The maximum absolute atomic E-state index is 4.71. The lowest BCUT2D eigenvalue weighted by Crippen LogP contribution is -2.27. The Morgan fingerprint density at radius 2 is 2.24 bits per heavy atom. The Balaban J connectivity index is 2.03. The first-order valence-electron chi connectivity index (χ1n) is 6.13. The first-order valence-corrected chi connectivity index (χ1v) is 6.92. The van der Waals surface area contributed by atoms with Gasteiger partial charge in [-0.05, 0) is 59.9 Å². The van der Waals surface area contributed by atoms with Crippen LogP contribution in [-0.2, 0) is 0 Å². The van der Waals surface area contributed by atoms with Gasteiger partial charge in [-0.1, -0.05) is 6.42 Å². The highest BCUT2D eigenvalue weighted by atomic mass is 79.9. The number of imidazole rings is 1. The van der Waals surface area contributed by atoms with Gasteiger partial charge in [0.2, 0.25) is 0 Å². The predicted octanol–water partition coefficient (Wildman–Crippen LogP) is 3.45. The molecule has 1 atom stereocenters. The number of fused-ring (bicyclic) bond motifs is 1. The Hall–Kier alpha value is -0.870. The van der Waals surface area contributed by atoms with E-state index in [1.165, 1.54) is 24.8 Å². The summed E-state index contributed by atoms with van der Waals surface area (Å²) in [6.45, 7) is 3.20. The largest absolute Gasteiger partial charge is 0.341 e. The van der Waals surface area contributed by atoms with Crippen LogP contribution in [0.1, 0.15) is 36.7 Å². The molecule has 1 saturated heterocycles. The molecule has 17 heavy (non-hydrogen) atoms. The molecule has 1 aromatic carbocycles. The van der Waals surface area contributed by atoms with Crippen LogP contribution in [0, 0.1) is 6.92 Å². The molecule has 0 saturated carbocycles. The molecule has 1 fully saturated rings. The van der Waals surface area contributed by atoms with E-state index in [1.54, 1.807) is 0 Å². The minimum Gasteiger partial charge on any atom is -0.341 e. The molecule has 0 spiro atoms. The Morgan fingerprint density at radius 3 is 3.00 bits per heavy atom. The highest BCUT2D eigenvalue weighted by Gasteiger charge is 2.18. The van der Waals surface area contributed by atoms with Crippen LogP contribution in [-0.4, -0.2) is 16.5 Å². The first-order chi connectivity index (χ1) is 8.24. The SMILES string of the molecule is Cc1cc(Br)c2nc(C3CCCCN3)[nH]c2c1. The van der Waals surface area contributed by atoms with E-state index in [0.717, 1.165) is 27.9 Å². The number of benzene rings is 1. The predicted molar refractivity (Wildman–Crippen MR) is 73.1 cm³/mol. The van der Waals surface area contributed by atoms with Gasteiger partial charge in [0, 0.05) is 4.47 Å². The second-order valence-electron chi connectivity index (χ2n) is 4.77. The zero-order chi connectivity index (χ0) is 11.8.